The van der Waals surface area contributed by atoms with Crippen LogP contribution in [0.25, 0.3) is 21.8 Å². The molecule has 0 aliphatic heterocycles. The predicted molar refractivity (Wildman–Crippen MR) is 145 cm³/mol. The molecule has 0 aliphatic carbocycles. The molecule has 1 aromatic carbocycles. The molecule has 3 heterocycles. The van der Waals surface area contributed by atoms with Crippen molar-refractivity contribution in [1.29, 1.82) is 0 Å². The standard InChI is InChI=1S/C24H26N6O3S3/c1-16(2)23-29-21(22(34-23)20-9-11-26-24(28-20)27-12-13-35(3)31)17-6-4-7-18(14-17)30-36(32,33)19-8-5-10-25-15-19/h4-11,14-16,30H,12-13H2,1-3H3,(H,26,27,28). The molecule has 0 spiro atoms. The summed E-state index contributed by atoms with van der Waals surface area (Å²) in [5.41, 5.74) is 2.59. The Morgan fingerprint density at radius 2 is 1.94 bits per heavy atom. The monoisotopic (exact) mass is 542 g/mol. The molecule has 0 saturated heterocycles. The van der Waals surface area contributed by atoms with Crippen LogP contribution in [0.1, 0.15) is 24.8 Å². The number of nitrogens with one attached hydrogen (secondary N) is 2. The SMILES string of the molecule is CC(C)c1nc(-c2cccc(NS(=O)(=O)c3cccnc3)c2)c(-c2ccnc(NCC[S+](C)[O-])n2)s1. The number of rotatable bonds is 10. The maximum atomic E-state index is 12.8. The maximum Gasteiger partial charge on any atom is 0.263 e. The lowest BCUT2D eigenvalue weighted by molar-refractivity contribution is 0.599. The predicted octanol–water partition coefficient (Wildman–Crippen LogP) is 4.38. The van der Waals surface area contributed by atoms with Gasteiger partial charge in [0.05, 0.1) is 34.1 Å². The molecule has 1 unspecified atom stereocenters. The van der Waals surface area contributed by atoms with E-state index in [-0.39, 0.29) is 10.8 Å². The summed E-state index contributed by atoms with van der Waals surface area (Å²) in [6.07, 6.45) is 6.15. The zero-order chi connectivity index (χ0) is 25.7. The summed E-state index contributed by atoms with van der Waals surface area (Å²) in [7, 11) is -3.78. The van der Waals surface area contributed by atoms with Crippen LogP contribution in [0, 0.1) is 0 Å². The normalized spacial score (nSPS) is 12.5. The molecule has 0 bridgehead atoms. The van der Waals surface area contributed by atoms with Crippen molar-refractivity contribution in [1.82, 2.24) is 19.9 Å². The average molecular weight is 543 g/mol. The van der Waals surface area contributed by atoms with Gasteiger partial charge in [0.15, 0.2) is 0 Å². The Morgan fingerprint density at radius 1 is 1.11 bits per heavy atom. The average Bonchev–Trinajstić information content (AvgIpc) is 3.31. The van der Waals surface area contributed by atoms with Gasteiger partial charge in [-0.3, -0.25) is 9.71 Å². The first-order chi connectivity index (χ1) is 17.2. The van der Waals surface area contributed by atoms with Gasteiger partial charge < -0.3 is 9.87 Å². The van der Waals surface area contributed by atoms with Crippen LogP contribution >= 0.6 is 11.3 Å². The molecule has 4 rings (SSSR count). The Bertz CT molecular complexity index is 1430. The molecule has 188 valence electrons. The van der Waals surface area contributed by atoms with Crippen LogP contribution in [0.4, 0.5) is 11.6 Å². The molecule has 36 heavy (non-hydrogen) atoms. The fraction of sp³-hybridized carbons (Fsp3) is 0.250. The van der Waals surface area contributed by atoms with Gasteiger partial charge >= 0.3 is 0 Å². The van der Waals surface area contributed by atoms with Gasteiger partial charge in [0.1, 0.15) is 10.6 Å². The Hall–Kier alpha value is -3.06. The van der Waals surface area contributed by atoms with Crippen molar-refractivity contribution in [3.8, 4) is 21.8 Å². The van der Waals surface area contributed by atoms with Crippen molar-refractivity contribution in [2.75, 3.05) is 28.6 Å². The smallest absolute Gasteiger partial charge is 0.263 e. The first-order valence-corrected chi connectivity index (χ1v) is 15.2. The van der Waals surface area contributed by atoms with Crippen LogP contribution in [0.15, 0.2) is 66.0 Å². The summed E-state index contributed by atoms with van der Waals surface area (Å²) in [5, 5.41) is 4.05. The molecule has 2 N–H and O–H groups in total. The highest BCUT2D eigenvalue weighted by Gasteiger charge is 2.20. The van der Waals surface area contributed by atoms with E-state index in [0.29, 0.717) is 35.3 Å². The molecule has 3 aromatic heterocycles. The zero-order valence-corrected chi connectivity index (χ0v) is 22.5. The second-order valence-corrected chi connectivity index (χ2v) is 12.5. The highest BCUT2D eigenvalue weighted by Crippen LogP contribution is 2.39. The Morgan fingerprint density at radius 3 is 2.67 bits per heavy atom. The topological polar surface area (TPSA) is 133 Å². The largest absolute Gasteiger partial charge is 0.617 e. The fourth-order valence-corrected chi connectivity index (χ4v) is 5.74. The Kier molecular flexibility index (Phi) is 8.19. The summed E-state index contributed by atoms with van der Waals surface area (Å²) in [5.74, 6) is 1.15. The lowest BCUT2D eigenvalue weighted by atomic mass is 10.1. The van der Waals surface area contributed by atoms with E-state index >= 15 is 0 Å². The van der Waals surface area contributed by atoms with Crippen LogP contribution < -0.4 is 10.0 Å². The molecule has 12 heteroatoms. The van der Waals surface area contributed by atoms with Crippen molar-refractivity contribution in [3.63, 3.8) is 0 Å². The molecule has 0 aliphatic rings. The number of pyridine rings is 1. The molecule has 0 saturated carbocycles. The van der Waals surface area contributed by atoms with Crippen LogP contribution in [0.2, 0.25) is 0 Å². The first kappa shape index (κ1) is 26.0. The molecule has 0 amide bonds. The maximum absolute atomic E-state index is 12.8. The van der Waals surface area contributed by atoms with Gasteiger partial charge in [0.25, 0.3) is 10.0 Å². The van der Waals surface area contributed by atoms with E-state index in [1.165, 1.54) is 18.5 Å². The number of aromatic nitrogens is 4. The third-order valence-electron chi connectivity index (χ3n) is 5.03. The van der Waals surface area contributed by atoms with Gasteiger partial charge in [-0.25, -0.2) is 23.4 Å². The lowest BCUT2D eigenvalue weighted by Gasteiger charge is -2.10. The number of nitrogens with zero attached hydrogens (tertiary/aromatic N) is 4. The quantitative estimate of drug-likeness (QED) is 0.282. The van der Waals surface area contributed by atoms with Gasteiger partial charge in [-0.1, -0.05) is 37.2 Å². The van der Waals surface area contributed by atoms with Crippen molar-refractivity contribution >= 4 is 44.2 Å². The van der Waals surface area contributed by atoms with Crippen molar-refractivity contribution in [2.24, 2.45) is 0 Å². The minimum Gasteiger partial charge on any atom is -0.617 e. The summed E-state index contributed by atoms with van der Waals surface area (Å²) in [6, 6.07) is 12.0. The van der Waals surface area contributed by atoms with Crippen LogP contribution in [-0.4, -0.2) is 51.5 Å². The zero-order valence-electron chi connectivity index (χ0n) is 20.0. The van der Waals surface area contributed by atoms with E-state index in [9.17, 15) is 13.0 Å². The summed E-state index contributed by atoms with van der Waals surface area (Å²) in [6.45, 7) is 4.64. The summed E-state index contributed by atoms with van der Waals surface area (Å²) < 4.78 is 39.6. The number of anilines is 2. The second-order valence-electron chi connectivity index (χ2n) is 8.23. The van der Waals surface area contributed by atoms with E-state index in [2.05, 4.69) is 38.8 Å². The number of hydrogen-bond acceptors (Lipinski definition) is 9. The van der Waals surface area contributed by atoms with Crippen LogP contribution in [0.5, 0.6) is 0 Å². The summed E-state index contributed by atoms with van der Waals surface area (Å²) in [4.78, 5) is 18.6. The summed E-state index contributed by atoms with van der Waals surface area (Å²) >= 11 is 0.633. The van der Waals surface area contributed by atoms with E-state index in [1.54, 1.807) is 48.1 Å². The van der Waals surface area contributed by atoms with Gasteiger partial charge in [0.2, 0.25) is 5.95 Å². The number of benzene rings is 1. The molecule has 4 aromatic rings. The van der Waals surface area contributed by atoms with E-state index in [4.69, 9.17) is 4.98 Å². The van der Waals surface area contributed by atoms with Crippen molar-refractivity contribution < 1.29 is 13.0 Å². The van der Waals surface area contributed by atoms with Crippen molar-refractivity contribution in [2.45, 2.75) is 24.7 Å². The molecule has 1 atom stereocenters. The highest BCUT2D eigenvalue weighted by molar-refractivity contribution is 7.92. The van der Waals surface area contributed by atoms with E-state index in [0.717, 1.165) is 15.4 Å². The highest BCUT2D eigenvalue weighted by atomic mass is 32.2. The first-order valence-electron chi connectivity index (χ1n) is 11.1. The van der Waals surface area contributed by atoms with Crippen molar-refractivity contribution in [3.05, 3.63) is 66.1 Å². The van der Waals surface area contributed by atoms with Crippen LogP contribution in [-0.2, 0) is 21.2 Å². The van der Waals surface area contributed by atoms with Gasteiger partial charge in [-0.2, -0.15) is 0 Å². The van der Waals surface area contributed by atoms with Gasteiger partial charge in [-0.15, -0.1) is 11.3 Å². The van der Waals surface area contributed by atoms with Gasteiger partial charge in [0, 0.05) is 35.8 Å². The lowest BCUT2D eigenvalue weighted by Crippen LogP contribution is -2.15. The Balaban J connectivity index is 1.68. The minimum absolute atomic E-state index is 0.0831. The Labute approximate surface area is 217 Å². The number of sulfonamides is 1. The molecular formula is C24H26N6O3S3. The van der Waals surface area contributed by atoms with E-state index in [1.807, 2.05) is 12.1 Å². The minimum atomic E-state index is -3.78. The second kappa shape index (κ2) is 11.3. The van der Waals surface area contributed by atoms with E-state index < -0.39 is 21.2 Å². The fourth-order valence-electron chi connectivity index (χ4n) is 3.28. The third kappa shape index (κ3) is 6.38. The molecule has 0 fully saturated rings. The van der Waals surface area contributed by atoms with Crippen LogP contribution in [0.3, 0.4) is 0 Å². The molecular weight excluding hydrogens is 517 g/mol. The molecule has 0 radical (unpaired) electrons. The molecule has 9 nitrogen and oxygen atoms in total. The third-order valence-corrected chi connectivity index (χ3v) is 8.56. The number of thiazole rings is 1. The number of hydrogen-bond donors (Lipinski definition) is 2. The van der Waals surface area contributed by atoms with Gasteiger partial charge in [-0.05, 0) is 30.3 Å².